The van der Waals surface area contributed by atoms with Crippen LogP contribution in [0.3, 0.4) is 0 Å². The molecule has 2 N–H and O–H groups in total. The van der Waals surface area contributed by atoms with Gasteiger partial charge in [0.15, 0.2) is 11.4 Å². The SMILES string of the molecule is Cc1ccc(F)cc1COc1cccc2onc(N)c12. The van der Waals surface area contributed by atoms with Crippen LogP contribution in [0.15, 0.2) is 40.9 Å². The average Bonchev–Trinajstić information content (AvgIpc) is 2.82. The second-order valence-corrected chi connectivity index (χ2v) is 4.56. The minimum absolute atomic E-state index is 0.257. The van der Waals surface area contributed by atoms with Crippen molar-refractivity contribution in [3.8, 4) is 5.75 Å². The summed E-state index contributed by atoms with van der Waals surface area (Å²) in [6, 6.07) is 9.95. The maximum absolute atomic E-state index is 13.2. The van der Waals surface area contributed by atoms with Gasteiger partial charge in [0.1, 0.15) is 23.6 Å². The molecule has 0 bridgehead atoms. The minimum Gasteiger partial charge on any atom is -0.488 e. The van der Waals surface area contributed by atoms with Crippen LogP contribution < -0.4 is 10.5 Å². The lowest BCUT2D eigenvalue weighted by atomic mass is 10.1. The number of hydrogen-bond acceptors (Lipinski definition) is 4. The lowest BCUT2D eigenvalue weighted by molar-refractivity contribution is 0.308. The van der Waals surface area contributed by atoms with E-state index >= 15 is 0 Å². The Morgan fingerprint density at radius 3 is 3.00 bits per heavy atom. The van der Waals surface area contributed by atoms with Crippen molar-refractivity contribution >= 4 is 16.8 Å². The fourth-order valence-electron chi connectivity index (χ4n) is 2.05. The number of benzene rings is 2. The third-order valence-electron chi connectivity index (χ3n) is 3.18. The lowest BCUT2D eigenvalue weighted by Crippen LogP contribution is -1.99. The van der Waals surface area contributed by atoms with E-state index in [9.17, 15) is 4.39 Å². The largest absolute Gasteiger partial charge is 0.488 e. The third-order valence-corrected chi connectivity index (χ3v) is 3.18. The third kappa shape index (κ3) is 2.18. The smallest absolute Gasteiger partial charge is 0.178 e. The van der Waals surface area contributed by atoms with Gasteiger partial charge in [-0.1, -0.05) is 17.3 Å². The van der Waals surface area contributed by atoms with E-state index in [0.29, 0.717) is 16.7 Å². The number of rotatable bonds is 3. The van der Waals surface area contributed by atoms with Crippen LogP contribution in [0.1, 0.15) is 11.1 Å². The van der Waals surface area contributed by atoms with Crippen molar-refractivity contribution in [1.29, 1.82) is 0 Å². The Balaban J connectivity index is 1.90. The van der Waals surface area contributed by atoms with Gasteiger partial charge in [-0.3, -0.25) is 0 Å². The maximum Gasteiger partial charge on any atom is 0.178 e. The van der Waals surface area contributed by atoms with Gasteiger partial charge in [0.2, 0.25) is 0 Å². The van der Waals surface area contributed by atoms with Crippen LogP contribution in [0.5, 0.6) is 5.75 Å². The molecule has 5 heteroatoms. The maximum atomic E-state index is 13.2. The van der Waals surface area contributed by atoms with Crippen molar-refractivity contribution in [2.24, 2.45) is 0 Å². The molecular formula is C15H13FN2O2. The highest BCUT2D eigenvalue weighted by Gasteiger charge is 2.11. The van der Waals surface area contributed by atoms with Crippen molar-refractivity contribution in [1.82, 2.24) is 5.16 Å². The predicted molar refractivity (Wildman–Crippen MR) is 73.9 cm³/mol. The van der Waals surface area contributed by atoms with Crippen LogP contribution in [0, 0.1) is 12.7 Å². The Kier molecular flexibility index (Phi) is 3.02. The van der Waals surface area contributed by atoms with Crippen LogP contribution in [-0.4, -0.2) is 5.16 Å². The quantitative estimate of drug-likeness (QED) is 0.793. The average molecular weight is 272 g/mol. The fourth-order valence-corrected chi connectivity index (χ4v) is 2.05. The van der Waals surface area contributed by atoms with Crippen molar-refractivity contribution in [2.45, 2.75) is 13.5 Å². The summed E-state index contributed by atoms with van der Waals surface area (Å²) in [6.45, 7) is 2.17. The molecule has 0 fully saturated rings. The minimum atomic E-state index is -0.281. The molecule has 3 rings (SSSR count). The van der Waals surface area contributed by atoms with Gasteiger partial charge in [-0.15, -0.1) is 0 Å². The van der Waals surface area contributed by atoms with Gasteiger partial charge in [0.25, 0.3) is 0 Å². The monoisotopic (exact) mass is 272 g/mol. The number of aromatic nitrogens is 1. The molecular weight excluding hydrogens is 259 g/mol. The van der Waals surface area contributed by atoms with Gasteiger partial charge < -0.3 is 15.0 Å². The Hall–Kier alpha value is -2.56. The summed E-state index contributed by atoms with van der Waals surface area (Å²) in [7, 11) is 0. The lowest BCUT2D eigenvalue weighted by Gasteiger charge is -2.09. The number of nitrogen functional groups attached to an aromatic ring is 1. The molecule has 4 nitrogen and oxygen atoms in total. The zero-order valence-corrected chi connectivity index (χ0v) is 10.9. The van der Waals surface area contributed by atoms with Crippen LogP contribution in [0.4, 0.5) is 10.2 Å². The zero-order chi connectivity index (χ0) is 14.1. The molecule has 1 heterocycles. The summed E-state index contributed by atoms with van der Waals surface area (Å²) in [5.74, 6) is 0.577. The van der Waals surface area contributed by atoms with E-state index in [1.54, 1.807) is 24.3 Å². The molecule has 1 aromatic heterocycles. The van der Waals surface area contributed by atoms with Gasteiger partial charge in [-0.25, -0.2) is 4.39 Å². The summed E-state index contributed by atoms with van der Waals surface area (Å²) in [5, 5.41) is 4.35. The molecule has 0 aliphatic heterocycles. The van der Waals surface area contributed by atoms with E-state index in [0.717, 1.165) is 11.1 Å². The Morgan fingerprint density at radius 1 is 1.30 bits per heavy atom. The van der Waals surface area contributed by atoms with Crippen LogP contribution in [0.25, 0.3) is 11.0 Å². The number of nitrogens with two attached hydrogens (primary N) is 1. The molecule has 20 heavy (non-hydrogen) atoms. The number of aryl methyl sites for hydroxylation is 1. The van der Waals surface area contributed by atoms with E-state index in [2.05, 4.69) is 5.16 Å². The molecule has 0 aliphatic rings. The Labute approximate surface area is 114 Å². The Morgan fingerprint density at radius 2 is 2.15 bits per heavy atom. The van der Waals surface area contributed by atoms with E-state index in [-0.39, 0.29) is 18.2 Å². The first-order valence-electron chi connectivity index (χ1n) is 6.17. The van der Waals surface area contributed by atoms with E-state index in [1.165, 1.54) is 12.1 Å². The van der Waals surface area contributed by atoms with Gasteiger partial charge in [-0.2, -0.15) is 0 Å². The zero-order valence-electron chi connectivity index (χ0n) is 10.9. The van der Waals surface area contributed by atoms with Crippen molar-refractivity contribution in [3.05, 3.63) is 53.3 Å². The van der Waals surface area contributed by atoms with Gasteiger partial charge in [-0.05, 0) is 42.3 Å². The second kappa shape index (κ2) is 4.85. The Bertz CT molecular complexity index is 768. The number of halogens is 1. The van der Waals surface area contributed by atoms with Crippen molar-refractivity contribution in [2.75, 3.05) is 5.73 Å². The molecule has 3 aromatic rings. The van der Waals surface area contributed by atoms with E-state index in [1.807, 2.05) is 6.92 Å². The fraction of sp³-hybridized carbons (Fsp3) is 0.133. The van der Waals surface area contributed by atoms with Gasteiger partial charge in [0, 0.05) is 0 Å². The molecule has 0 saturated carbocycles. The summed E-state index contributed by atoms with van der Waals surface area (Å²) in [5.41, 5.74) is 8.08. The van der Waals surface area contributed by atoms with Gasteiger partial charge >= 0.3 is 0 Å². The normalized spacial score (nSPS) is 10.9. The first kappa shape index (κ1) is 12.5. The van der Waals surface area contributed by atoms with Crippen molar-refractivity contribution in [3.63, 3.8) is 0 Å². The predicted octanol–water partition coefficient (Wildman–Crippen LogP) is 3.44. The number of fused-ring (bicyclic) bond motifs is 1. The highest BCUT2D eigenvalue weighted by Crippen LogP contribution is 2.31. The second-order valence-electron chi connectivity index (χ2n) is 4.56. The first-order chi connectivity index (χ1) is 9.65. The molecule has 0 radical (unpaired) electrons. The van der Waals surface area contributed by atoms with Crippen molar-refractivity contribution < 1.29 is 13.7 Å². The molecule has 0 amide bonds. The van der Waals surface area contributed by atoms with Crippen LogP contribution in [-0.2, 0) is 6.61 Å². The van der Waals surface area contributed by atoms with Crippen LogP contribution in [0.2, 0.25) is 0 Å². The molecule has 0 unspecified atom stereocenters. The number of anilines is 1. The number of hydrogen-bond donors (Lipinski definition) is 1. The highest BCUT2D eigenvalue weighted by molar-refractivity contribution is 5.92. The standard InChI is InChI=1S/C15H13FN2O2/c1-9-5-6-11(16)7-10(9)8-19-12-3-2-4-13-14(12)15(17)18-20-13/h2-7H,8H2,1H3,(H2,17,18). The van der Waals surface area contributed by atoms with E-state index in [4.69, 9.17) is 15.0 Å². The summed E-state index contributed by atoms with van der Waals surface area (Å²) >= 11 is 0. The molecule has 2 aromatic carbocycles. The number of ether oxygens (including phenoxy) is 1. The molecule has 0 aliphatic carbocycles. The number of nitrogens with zero attached hydrogens (tertiary/aromatic N) is 1. The molecule has 0 saturated heterocycles. The van der Waals surface area contributed by atoms with Crippen LogP contribution >= 0.6 is 0 Å². The molecule has 0 atom stereocenters. The summed E-state index contributed by atoms with van der Waals surface area (Å²) in [4.78, 5) is 0. The summed E-state index contributed by atoms with van der Waals surface area (Å²) < 4.78 is 24.0. The highest BCUT2D eigenvalue weighted by atomic mass is 19.1. The summed E-state index contributed by atoms with van der Waals surface area (Å²) in [6.07, 6.45) is 0. The van der Waals surface area contributed by atoms with Gasteiger partial charge in [0.05, 0.1) is 0 Å². The van der Waals surface area contributed by atoms with E-state index < -0.39 is 0 Å². The molecule has 0 spiro atoms. The first-order valence-corrected chi connectivity index (χ1v) is 6.17. The molecule has 102 valence electrons. The topological polar surface area (TPSA) is 61.3 Å².